The third-order valence-corrected chi connectivity index (χ3v) is 3.49. The molecule has 2 aliphatic rings. The maximum absolute atomic E-state index is 9.68. The van der Waals surface area contributed by atoms with Crippen LogP contribution >= 0.6 is 0 Å². The predicted molar refractivity (Wildman–Crippen MR) is 43.8 cm³/mol. The highest BCUT2D eigenvalue weighted by Gasteiger charge is 2.57. The van der Waals surface area contributed by atoms with Gasteiger partial charge in [0, 0.05) is 6.42 Å². The van der Waals surface area contributed by atoms with Gasteiger partial charge >= 0.3 is 0 Å². The summed E-state index contributed by atoms with van der Waals surface area (Å²) in [6.45, 7) is 1.44. The molecule has 0 aromatic heterocycles. The minimum absolute atomic E-state index is 0.00264. The minimum atomic E-state index is -0.778. The van der Waals surface area contributed by atoms with Crippen LogP contribution in [0.15, 0.2) is 0 Å². The van der Waals surface area contributed by atoms with Gasteiger partial charge in [-0.2, -0.15) is 0 Å². The maximum atomic E-state index is 9.68. The third-order valence-electron chi connectivity index (χ3n) is 3.49. The van der Waals surface area contributed by atoms with Gasteiger partial charge in [-0.15, -0.1) is 0 Å². The topological polar surface area (TPSA) is 92.8 Å². The second-order valence-corrected chi connectivity index (χ2v) is 4.08. The van der Waals surface area contributed by atoms with Crippen LogP contribution in [0.5, 0.6) is 0 Å². The Morgan fingerprint density at radius 3 is 2.54 bits per heavy atom. The Balaban J connectivity index is 2.19. The molecular weight excluding hydrogens is 172 g/mol. The fourth-order valence-corrected chi connectivity index (χ4v) is 2.81. The summed E-state index contributed by atoms with van der Waals surface area (Å²) in [5.74, 6) is 0. The van der Waals surface area contributed by atoms with Crippen LogP contribution in [0.2, 0.25) is 0 Å². The van der Waals surface area contributed by atoms with Crippen LogP contribution < -0.4 is 10.6 Å². The first-order valence-electron chi connectivity index (χ1n) is 4.86. The lowest BCUT2D eigenvalue weighted by atomic mass is 10.0. The Hall–Kier alpha value is -0.200. The summed E-state index contributed by atoms with van der Waals surface area (Å²) in [6.07, 6.45) is -1.23. The zero-order chi connectivity index (χ0) is 9.59. The molecule has 76 valence electrons. The fourth-order valence-electron chi connectivity index (χ4n) is 2.81. The smallest absolute Gasteiger partial charge is 0.166 e. The SMILES string of the molecule is [NH3+]C[C@@H]1[C@@H](O)[C@H](O)[C@H]2[C@@H](O)CC[NH+]21. The molecule has 6 atom stereocenters. The molecule has 2 rings (SSSR count). The maximum Gasteiger partial charge on any atom is 0.166 e. The monoisotopic (exact) mass is 190 g/mol. The molecule has 0 bridgehead atoms. The van der Waals surface area contributed by atoms with Crippen molar-refractivity contribution < 1.29 is 26.0 Å². The van der Waals surface area contributed by atoms with Gasteiger partial charge in [0.25, 0.3) is 0 Å². The van der Waals surface area contributed by atoms with Crippen LogP contribution in [-0.2, 0) is 0 Å². The van der Waals surface area contributed by atoms with Crippen molar-refractivity contribution in [2.75, 3.05) is 13.1 Å². The molecule has 0 amide bonds. The average molecular weight is 190 g/mol. The molecular formula is C8H18N2O3+2. The van der Waals surface area contributed by atoms with Gasteiger partial charge in [0.05, 0.1) is 6.54 Å². The molecule has 0 spiro atoms. The second kappa shape index (κ2) is 3.18. The van der Waals surface area contributed by atoms with Crippen LogP contribution in [-0.4, -0.2) is 58.8 Å². The van der Waals surface area contributed by atoms with E-state index in [0.29, 0.717) is 6.54 Å². The summed E-state index contributed by atoms with van der Waals surface area (Å²) in [6, 6.07) is -0.195. The van der Waals surface area contributed by atoms with Crippen molar-refractivity contribution in [1.29, 1.82) is 0 Å². The lowest BCUT2D eigenvalue weighted by molar-refractivity contribution is -0.933. The summed E-state index contributed by atoms with van der Waals surface area (Å²) >= 11 is 0. The van der Waals surface area contributed by atoms with E-state index < -0.39 is 18.3 Å². The van der Waals surface area contributed by atoms with Gasteiger partial charge in [-0.25, -0.2) is 0 Å². The zero-order valence-corrected chi connectivity index (χ0v) is 7.56. The van der Waals surface area contributed by atoms with E-state index in [4.69, 9.17) is 0 Å². The van der Waals surface area contributed by atoms with E-state index in [1.54, 1.807) is 0 Å². The highest BCUT2D eigenvalue weighted by molar-refractivity contribution is 4.94. The normalized spacial score (nSPS) is 55.4. The number of rotatable bonds is 1. The van der Waals surface area contributed by atoms with Crippen molar-refractivity contribution in [1.82, 2.24) is 0 Å². The van der Waals surface area contributed by atoms with Gasteiger partial charge < -0.3 is 26.0 Å². The van der Waals surface area contributed by atoms with E-state index >= 15 is 0 Å². The Morgan fingerprint density at radius 1 is 1.23 bits per heavy atom. The van der Waals surface area contributed by atoms with Crippen molar-refractivity contribution in [3.8, 4) is 0 Å². The molecule has 13 heavy (non-hydrogen) atoms. The van der Waals surface area contributed by atoms with E-state index in [0.717, 1.165) is 17.9 Å². The Morgan fingerprint density at radius 2 is 1.92 bits per heavy atom. The van der Waals surface area contributed by atoms with Gasteiger partial charge in [-0.3, -0.25) is 0 Å². The molecule has 1 unspecified atom stereocenters. The van der Waals surface area contributed by atoms with Crippen molar-refractivity contribution in [3.63, 3.8) is 0 Å². The molecule has 2 heterocycles. The number of aliphatic hydroxyl groups excluding tert-OH is 3. The largest absolute Gasteiger partial charge is 0.387 e. The lowest BCUT2D eigenvalue weighted by Gasteiger charge is -2.18. The summed E-state index contributed by atoms with van der Waals surface area (Å²) in [5, 5.41) is 28.9. The highest BCUT2D eigenvalue weighted by Crippen LogP contribution is 2.17. The number of fused-ring (bicyclic) bond motifs is 1. The van der Waals surface area contributed by atoms with Crippen LogP contribution in [0, 0.1) is 0 Å². The highest BCUT2D eigenvalue weighted by atomic mass is 16.3. The quantitative estimate of drug-likeness (QED) is 0.288. The van der Waals surface area contributed by atoms with Crippen LogP contribution in [0.1, 0.15) is 6.42 Å². The molecule has 0 aromatic carbocycles. The molecule has 0 aromatic rings. The van der Waals surface area contributed by atoms with Crippen LogP contribution in [0.4, 0.5) is 0 Å². The van der Waals surface area contributed by atoms with Crippen LogP contribution in [0.3, 0.4) is 0 Å². The van der Waals surface area contributed by atoms with Crippen molar-refractivity contribution in [2.24, 2.45) is 0 Å². The second-order valence-electron chi connectivity index (χ2n) is 4.08. The average Bonchev–Trinajstić information content (AvgIpc) is 2.57. The van der Waals surface area contributed by atoms with Gasteiger partial charge in [0.1, 0.15) is 30.9 Å². The van der Waals surface area contributed by atoms with Crippen molar-refractivity contribution >= 4 is 0 Å². The van der Waals surface area contributed by atoms with Gasteiger partial charge in [-0.1, -0.05) is 0 Å². The predicted octanol–water partition coefficient (Wildman–Crippen LogP) is -4.65. The summed E-state index contributed by atoms with van der Waals surface area (Å²) in [7, 11) is 0. The van der Waals surface area contributed by atoms with Gasteiger partial charge in [0.15, 0.2) is 6.04 Å². The number of quaternary nitrogens is 2. The van der Waals surface area contributed by atoms with Gasteiger partial charge in [-0.05, 0) is 0 Å². The summed E-state index contributed by atoms with van der Waals surface area (Å²) < 4.78 is 0. The molecule has 0 aliphatic carbocycles. The number of hydrogen-bond acceptors (Lipinski definition) is 3. The Labute approximate surface area is 76.8 Å². The summed E-state index contributed by atoms with van der Waals surface area (Å²) in [4.78, 5) is 1.13. The zero-order valence-electron chi connectivity index (χ0n) is 7.56. The van der Waals surface area contributed by atoms with Crippen molar-refractivity contribution in [3.05, 3.63) is 0 Å². The van der Waals surface area contributed by atoms with E-state index in [9.17, 15) is 15.3 Å². The number of hydrogen-bond donors (Lipinski definition) is 5. The molecule has 2 saturated heterocycles. The first kappa shape index (κ1) is 9.36. The van der Waals surface area contributed by atoms with E-state index in [-0.39, 0.29) is 12.1 Å². The van der Waals surface area contributed by atoms with Gasteiger partial charge in [0.2, 0.25) is 0 Å². The molecule has 0 saturated carbocycles. The van der Waals surface area contributed by atoms with E-state index in [1.807, 2.05) is 0 Å². The fraction of sp³-hybridized carbons (Fsp3) is 1.00. The number of aliphatic hydroxyl groups is 3. The molecule has 5 heteroatoms. The Bertz CT molecular complexity index is 202. The molecule has 2 aliphatic heterocycles. The van der Waals surface area contributed by atoms with Crippen molar-refractivity contribution in [2.45, 2.75) is 36.8 Å². The molecule has 7 N–H and O–H groups in total. The first-order valence-corrected chi connectivity index (χ1v) is 4.86. The number of nitrogens with one attached hydrogen (secondary N) is 1. The Kier molecular flexibility index (Phi) is 2.29. The van der Waals surface area contributed by atoms with Crippen LogP contribution in [0.25, 0.3) is 0 Å². The molecule has 0 radical (unpaired) electrons. The standard InChI is InChI=1S/C8H16N2O3/c9-3-4-7(12)8(13)6-5(11)1-2-10(4)6/h4-8,11-13H,1-3,9H2/p+2/t4-,5+,6-,7-,8-/m1/s1. The molecule has 5 nitrogen and oxygen atoms in total. The lowest BCUT2D eigenvalue weighted by Crippen LogP contribution is -3.18. The molecule has 2 fully saturated rings. The third kappa shape index (κ3) is 1.19. The van der Waals surface area contributed by atoms with E-state index in [1.165, 1.54) is 0 Å². The first-order chi connectivity index (χ1) is 6.16. The van der Waals surface area contributed by atoms with E-state index in [2.05, 4.69) is 5.73 Å². The summed E-state index contributed by atoms with van der Waals surface area (Å²) in [5.41, 5.74) is 3.76. The minimum Gasteiger partial charge on any atom is -0.387 e.